The highest BCUT2D eigenvalue weighted by Crippen LogP contribution is 2.12. The summed E-state index contributed by atoms with van der Waals surface area (Å²) in [7, 11) is 0. The molecule has 16 heavy (non-hydrogen) atoms. The summed E-state index contributed by atoms with van der Waals surface area (Å²) in [5, 5.41) is 9.88. The van der Waals surface area contributed by atoms with Gasteiger partial charge in [0, 0.05) is 10.9 Å². The zero-order chi connectivity index (χ0) is 11.5. The smallest absolute Gasteiger partial charge is 0.251 e. The molecular formula is C10H10N4O2. The van der Waals surface area contributed by atoms with Gasteiger partial charge >= 0.3 is 0 Å². The average Bonchev–Trinajstić information content (AvgIpc) is 2.72. The molecule has 6 heteroatoms. The molecular weight excluding hydrogens is 208 g/mol. The molecule has 0 atom stereocenters. The van der Waals surface area contributed by atoms with Crippen LogP contribution in [-0.4, -0.2) is 28.6 Å². The fraction of sp³-hybridized carbons (Fsp3) is 0.100. The van der Waals surface area contributed by atoms with Gasteiger partial charge in [-0.3, -0.25) is 14.7 Å². The molecule has 0 fully saturated rings. The van der Waals surface area contributed by atoms with E-state index in [1.807, 2.05) is 0 Å². The summed E-state index contributed by atoms with van der Waals surface area (Å²) in [4.78, 5) is 22.1. The summed E-state index contributed by atoms with van der Waals surface area (Å²) in [5.74, 6) is -0.903. The van der Waals surface area contributed by atoms with E-state index in [-0.39, 0.29) is 12.5 Å². The van der Waals surface area contributed by atoms with Gasteiger partial charge in [0.2, 0.25) is 5.91 Å². The quantitative estimate of drug-likeness (QED) is 0.663. The Hall–Kier alpha value is -2.37. The van der Waals surface area contributed by atoms with Crippen LogP contribution in [0.1, 0.15) is 10.4 Å². The van der Waals surface area contributed by atoms with E-state index in [2.05, 4.69) is 15.5 Å². The van der Waals surface area contributed by atoms with E-state index in [1.165, 1.54) is 0 Å². The summed E-state index contributed by atoms with van der Waals surface area (Å²) in [5.41, 5.74) is 6.25. The van der Waals surface area contributed by atoms with E-state index in [4.69, 9.17) is 5.73 Å². The number of nitrogens with two attached hydrogens (primary N) is 1. The van der Waals surface area contributed by atoms with Gasteiger partial charge in [-0.1, -0.05) is 0 Å². The maximum absolute atomic E-state index is 11.6. The van der Waals surface area contributed by atoms with Crippen LogP contribution in [0.15, 0.2) is 24.4 Å². The zero-order valence-corrected chi connectivity index (χ0v) is 8.36. The second-order valence-electron chi connectivity index (χ2n) is 3.32. The molecule has 0 aliphatic carbocycles. The molecule has 1 aromatic heterocycles. The predicted octanol–water partition coefficient (Wildman–Crippen LogP) is -0.222. The molecule has 0 spiro atoms. The van der Waals surface area contributed by atoms with Crippen molar-refractivity contribution in [3.8, 4) is 0 Å². The Morgan fingerprint density at radius 2 is 2.25 bits per heavy atom. The first-order valence-electron chi connectivity index (χ1n) is 4.66. The third-order valence-corrected chi connectivity index (χ3v) is 2.13. The molecule has 1 aromatic carbocycles. The van der Waals surface area contributed by atoms with Crippen LogP contribution in [0.5, 0.6) is 0 Å². The van der Waals surface area contributed by atoms with E-state index >= 15 is 0 Å². The molecule has 0 saturated carbocycles. The van der Waals surface area contributed by atoms with Crippen molar-refractivity contribution in [1.29, 1.82) is 0 Å². The number of nitrogens with zero attached hydrogens (tertiary/aromatic N) is 1. The first-order chi connectivity index (χ1) is 7.66. The van der Waals surface area contributed by atoms with Crippen LogP contribution in [0.3, 0.4) is 0 Å². The fourth-order valence-corrected chi connectivity index (χ4v) is 1.35. The largest absolute Gasteiger partial charge is 0.368 e. The minimum Gasteiger partial charge on any atom is -0.368 e. The number of hydrogen-bond donors (Lipinski definition) is 3. The van der Waals surface area contributed by atoms with Gasteiger partial charge in [-0.25, -0.2) is 0 Å². The normalized spacial score (nSPS) is 10.2. The van der Waals surface area contributed by atoms with Crippen molar-refractivity contribution in [2.75, 3.05) is 6.54 Å². The van der Waals surface area contributed by atoms with Crippen LogP contribution in [-0.2, 0) is 4.79 Å². The van der Waals surface area contributed by atoms with Gasteiger partial charge in [0.15, 0.2) is 0 Å². The Labute approximate surface area is 90.8 Å². The van der Waals surface area contributed by atoms with Crippen molar-refractivity contribution in [3.63, 3.8) is 0 Å². The van der Waals surface area contributed by atoms with Crippen molar-refractivity contribution in [1.82, 2.24) is 15.5 Å². The third-order valence-electron chi connectivity index (χ3n) is 2.13. The minimum atomic E-state index is -0.572. The van der Waals surface area contributed by atoms with Gasteiger partial charge in [0.1, 0.15) is 0 Å². The highest BCUT2D eigenvalue weighted by atomic mass is 16.2. The number of aromatic nitrogens is 2. The zero-order valence-electron chi connectivity index (χ0n) is 8.36. The van der Waals surface area contributed by atoms with Crippen LogP contribution in [0, 0.1) is 0 Å². The number of rotatable bonds is 3. The molecule has 0 aliphatic heterocycles. The van der Waals surface area contributed by atoms with Crippen LogP contribution < -0.4 is 11.1 Å². The van der Waals surface area contributed by atoms with E-state index in [0.717, 1.165) is 10.9 Å². The van der Waals surface area contributed by atoms with Gasteiger partial charge in [-0.15, -0.1) is 0 Å². The second kappa shape index (κ2) is 4.01. The standard InChI is InChI=1S/C10H10N4O2/c11-9(15)5-12-10(16)6-1-2-8-7(3-6)4-13-14-8/h1-4H,5H2,(H2,11,15)(H,12,16)(H,13,14). The molecule has 6 nitrogen and oxygen atoms in total. The highest BCUT2D eigenvalue weighted by molar-refractivity contribution is 5.99. The molecule has 0 aliphatic rings. The SMILES string of the molecule is NC(=O)CNC(=O)c1ccc2[nH]ncc2c1. The molecule has 2 rings (SSSR count). The fourth-order valence-electron chi connectivity index (χ4n) is 1.35. The lowest BCUT2D eigenvalue weighted by molar-refractivity contribution is -0.117. The lowest BCUT2D eigenvalue weighted by Crippen LogP contribution is -2.33. The number of benzene rings is 1. The van der Waals surface area contributed by atoms with Crippen LogP contribution in [0.4, 0.5) is 0 Å². The second-order valence-corrected chi connectivity index (χ2v) is 3.32. The summed E-state index contributed by atoms with van der Waals surface area (Å²) in [6.07, 6.45) is 1.63. The molecule has 1 heterocycles. The number of primary amides is 1. The molecule has 4 N–H and O–H groups in total. The minimum absolute atomic E-state index is 0.164. The number of H-pyrrole nitrogens is 1. The van der Waals surface area contributed by atoms with Crippen LogP contribution in [0.2, 0.25) is 0 Å². The first kappa shape index (κ1) is 10.2. The molecule has 0 bridgehead atoms. The third kappa shape index (κ3) is 2.00. The average molecular weight is 218 g/mol. The van der Waals surface area contributed by atoms with Crippen LogP contribution >= 0.6 is 0 Å². The van der Waals surface area contributed by atoms with Crippen molar-refractivity contribution < 1.29 is 9.59 Å². The van der Waals surface area contributed by atoms with E-state index in [0.29, 0.717) is 5.56 Å². The first-order valence-corrected chi connectivity index (χ1v) is 4.66. The Kier molecular flexibility index (Phi) is 2.55. The van der Waals surface area contributed by atoms with E-state index < -0.39 is 5.91 Å². The van der Waals surface area contributed by atoms with Crippen molar-refractivity contribution in [2.24, 2.45) is 5.73 Å². The lowest BCUT2D eigenvalue weighted by atomic mass is 10.1. The Morgan fingerprint density at radius 1 is 1.44 bits per heavy atom. The Balaban J connectivity index is 2.19. The highest BCUT2D eigenvalue weighted by Gasteiger charge is 2.07. The maximum atomic E-state index is 11.6. The lowest BCUT2D eigenvalue weighted by Gasteiger charge is -2.02. The topological polar surface area (TPSA) is 101 Å². The van der Waals surface area contributed by atoms with Crippen molar-refractivity contribution in [2.45, 2.75) is 0 Å². The van der Waals surface area contributed by atoms with E-state index in [9.17, 15) is 9.59 Å². The number of aromatic amines is 1. The number of hydrogen-bond acceptors (Lipinski definition) is 3. The predicted molar refractivity (Wildman–Crippen MR) is 57.6 cm³/mol. The van der Waals surface area contributed by atoms with Gasteiger partial charge in [-0.2, -0.15) is 5.10 Å². The summed E-state index contributed by atoms with van der Waals surface area (Å²) < 4.78 is 0. The number of nitrogens with one attached hydrogen (secondary N) is 2. The number of fused-ring (bicyclic) bond motifs is 1. The van der Waals surface area contributed by atoms with Crippen molar-refractivity contribution >= 4 is 22.7 Å². The van der Waals surface area contributed by atoms with E-state index in [1.54, 1.807) is 24.4 Å². The van der Waals surface area contributed by atoms with Crippen molar-refractivity contribution in [3.05, 3.63) is 30.0 Å². The number of carbonyl (C=O) groups excluding carboxylic acids is 2. The number of amides is 2. The van der Waals surface area contributed by atoms with Gasteiger partial charge < -0.3 is 11.1 Å². The maximum Gasteiger partial charge on any atom is 0.251 e. The summed E-state index contributed by atoms with van der Waals surface area (Å²) in [6.45, 7) is -0.164. The Morgan fingerprint density at radius 3 is 3.00 bits per heavy atom. The molecule has 82 valence electrons. The molecule has 0 saturated heterocycles. The summed E-state index contributed by atoms with van der Waals surface area (Å²) in [6, 6.07) is 5.09. The van der Waals surface area contributed by atoms with Gasteiger partial charge in [-0.05, 0) is 18.2 Å². The van der Waals surface area contributed by atoms with Crippen LogP contribution in [0.25, 0.3) is 10.9 Å². The molecule has 2 amide bonds. The monoisotopic (exact) mass is 218 g/mol. The summed E-state index contributed by atoms with van der Waals surface area (Å²) >= 11 is 0. The molecule has 0 radical (unpaired) electrons. The molecule has 2 aromatic rings. The number of carbonyl (C=O) groups is 2. The van der Waals surface area contributed by atoms with Gasteiger partial charge in [0.05, 0.1) is 18.3 Å². The van der Waals surface area contributed by atoms with Gasteiger partial charge in [0.25, 0.3) is 5.91 Å². The molecule has 0 unspecified atom stereocenters. The Bertz CT molecular complexity index is 546.